The lowest BCUT2D eigenvalue weighted by Crippen LogP contribution is -2.36. The smallest absolute Gasteiger partial charge is 0.311 e. The molecule has 1 N–H and O–H groups in total. The van der Waals surface area contributed by atoms with Crippen molar-refractivity contribution in [2.45, 2.75) is 38.2 Å². The minimum absolute atomic E-state index is 0.491. The number of rotatable bonds is 6. The molecule has 0 amide bonds. The fourth-order valence-electron chi connectivity index (χ4n) is 1.63. The molecular formula is C14H24NO4PS. The van der Waals surface area contributed by atoms with E-state index in [-0.39, 0.29) is 0 Å². The van der Waals surface area contributed by atoms with Crippen LogP contribution in [0.3, 0.4) is 0 Å². The van der Waals surface area contributed by atoms with Gasteiger partial charge in [-0.15, -0.1) is 0 Å². The Morgan fingerprint density at radius 2 is 1.62 bits per heavy atom. The minimum Gasteiger partial charge on any atom is -0.311 e. The maximum absolute atomic E-state index is 12.8. The van der Waals surface area contributed by atoms with Crippen LogP contribution >= 0.6 is 7.60 Å². The van der Waals surface area contributed by atoms with Crippen LogP contribution in [0, 0.1) is 6.92 Å². The molecule has 120 valence electrons. The second kappa shape index (κ2) is 7.16. The van der Waals surface area contributed by atoms with E-state index in [1.165, 1.54) is 14.2 Å². The maximum Gasteiger partial charge on any atom is 0.352 e. The van der Waals surface area contributed by atoms with Crippen LogP contribution in [0.1, 0.15) is 37.7 Å². The van der Waals surface area contributed by atoms with Crippen molar-refractivity contribution in [3.8, 4) is 0 Å². The molecule has 5 nitrogen and oxygen atoms in total. The zero-order valence-electron chi connectivity index (χ0n) is 13.4. The lowest BCUT2D eigenvalue weighted by atomic mass is 10.1. The van der Waals surface area contributed by atoms with Crippen molar-refractivity contribution in [1.29, 1.82) is 0 Å². The third kappa shape index (κ3) is 4.73. The highest BCUT2D eigenvalue weighted by atomic mass is 32.2. The van der Waals surface area contributed by atoms with Crippen molar-refractivity contribution in [3.05, 3.63) is 35.4 Å². The van der Waals surface area contributed by atoms with Crippen LogP contribution in [-0.2, 0) is 24.6 Å². The fourth-order valence-corrected chi connectivity index (χ4v) is 4.23. The molecule has 0 saturated carbocycles. The van der Waals surface area contributed by atoms with E-state index in [1.807, 2.05) is 52.0 Å². The van der Waals surface area contributed by atoms with E-state index in [0.29, 0.717) is 5.56 Å². The average Bonchev–Trinajstić information content (AvgIpc) is 2.43. The van der Waals surface area contributed by atoms with Crippen molar-refractivity contribution in [3.63, 3.8) is 0 Å². The highest BCUT2D eigenvalue weighted by molar-refractivity contribution is 7.84. The molecular weight excluding hydrogens is 309 g/mol. The van der Waals surface area contributed by atoms with Gasteiger partial charge in [-0.3, -0.25) is 4.57 Å². The highest BCUT2D eigenvalue weighted by Gasteiger charge is 2.38. The Hall–Kier alpha value is -0.520. The summed E-state index contributed by atoms with van der Waals surface area (Å²) in [5.41, 5.74) is 1.80. The van der Waals surface area contributed by atoms with E-state index in [0.717, 1.165) is 5.56 Å². The minimum atomic E-state index is -3.46. The van der Waals surface area contributed by atoms with E-state index in [9.17, 15) is 8.77 Å². The molecule has 0 bridgehead atoms. The van der Waals surface area contributed by atoms with Gasteiger partial charge < -0.3 is 9.05 Å². The van der Waals surface area contributed by atoms with Gasteiger partial charge in [-0.25, -0.2) is 8.93 Å². The second-order valence-corrected chi connectivity index (χ2v) is 10.0. The summed E-state index contributed by atoms with van der Waals surface area (Å²) in [4.78, 5) is 0. The Bertz CT molecular complexity index is 531. The standard InChI is InChI=1S/C14H24NO4PS/c1-11-7-9-12(10-8-11)13(20(16,18-5)19-6)15-21(17)14(2,3)4/h7-10,13,15H,1-6H3/t13-,21?/m1/s1. The van der Waals surface area contributed by atoms with Crippen molar-refractivity contribution >= 4 is 18.6 Å². The van der Waals surface area contributed by atoms with Crippen LogP contribution in [0.4, 0.5) is 0 Å². The predicted octanol–water partition coefficient (Wildman–Crippen LogP) is 3.53. The molecule has 0 fully saturated rings. The molecule has 0 spiro atoms. The Kier molecular flexibility index (Phi) is 6.32. The van der Waals surface area contributed by atoms with Crippen LogP contribution < -0.4 is 4.72 Å². The van der Waals surface area contributed by atoms with Crippen molar-refractivity contribution in [2.75, 3.05) is 14.2 Å². The molecule has 0 aliphatic heterocycles. The van der Waals surface area contributed by atoms with Gasteiger partial charge in [0.05, 0.1) is 15.7 Å². The third-order valence-corrected chi connectivity index (χ3v) is 6.81. The van der Waals surface area contributed by atoms with Crippen molar-refractivity contribution in [2.24, 2.45) is 0 Å². The van der Waals surface area contributed by atoms with Gasteiger partial charge >= 0.3 is 7.60 Å². The molecule has 1 aromatic carbocycles. The van der Waals surface area contributed by atoms with Gasteiger partial charge in [-0.2, -0.15) is 0 Å². The summed E-state index contributed by atoms with van der Waals surface area (Å²) in [5, 5.41) is 0. The molecule has 21 heavy (non-hydrogen) atoms. The Balaban J connectivity index is 3.21. The first-order chi connectivity index (χ1) is 9.64. The van der Waals surface area contributed by atoms with E-state index in [2.05, 4.69) is 4.72 Å². The number of aryl methyl sites for hydroxylation is 1. The molecule has 1 aromatic rings. The van der Waals surface area contributed by atoms with Crippen molar-refractivity contribution in [1.82, 2.24) is 4.72 Å². The van der Waals surface area contributed by atoms with Crippen LogP contribution in [0.2, 0.25) is 0 Å². The summed E-state index contributed by atoms with van der Waals surface area (Å²) >= 11 is 0. The monoisotopic (exact) mass is 333 g/mol. The largest absolute Gasteiger partial charge is 0.352 e. The Labute approximate surface area is 129 Å². The van der Waals surface area contributed by atoms with Gasteiger partial charge in [-0.1, -0.05) is 29.8 Å². The number of benzene rings is 1. The molecule has 1 unspecified atom stereocenters. The van der Waals surface area contributed by atoms with Gasteiger partial charge in [0, 0.05) is 14.2 Å². The van der Waals surface area contributed by atoms with Crippen LogP contribution in [-0.4, -0.2) is 23.2 Å². The first-order valence-electron chi connectivity index (χ1n) is 6.60. The van der Waals surface area contributed by atoms with E-state index in [1.54, 1.807) is 0 Å². The summed E-state index contributed by atoms with van der Waals surface area (Å²) in [7, 11) is -2.21. The summed E-state index contributed by atoms with van der Waals surface area (Å²) < 4.78 is 37.7. The Morgan fingerprint density at radius 3 is 2.00 bits per heavy atom. The molecule has 0 saturated heterocycles. The maximum atomic E-state index is 12.8. The lowest BCUT2D eigenvalue weighted by molar-refractivity contribution is 0.264. The zero-order chi connectivity index (χ0) is 16.3. The van der Waals surface area contributed by atoms with Gasteiger partial charge in [0.25, 0.3) is 0 Å². The molecule has 0 radical (unpaired) electrons. The number of nitrogens with one attached hydrogen (secondary N) is 1. The Morgan fingerprint density at radius 1 is 1.14 bits per heavy atom. The predicted molar refractivity (Wildman–Crippen MR) is 86.6 cm³/mol. The fraction of sp³-hybridized carbons (Fsp3) is 0.571. The van der Waals surface area contributed by atoms with E-state index in [4.69, 9.17) is 9.05 Å². The topological polar surface area (TPSA) is 64.6 Å². The molecule has 7 heteroatoms. The van der Waals surface area contributed by atoms with Crippen molar-refractivity contribution < 1.29 is 17.8 Å². The molecule has 0 aliphatic carbocycles. The van der Waals surface area contributed by atoms with Gasteiger partial charge in [0.1, 0.15) is 5.78 Å². The summed E-state index contributed by atoms with van der Waals surface area (Å²) in [6.07, 6.45) is 0. The normalized spacial score (nSPS) is 15.7. The summed E-state index contributed by atoms with van der Waals surface area (Å²) in [6, 6.07) is 7.47. The van der Waals surface area contributed by atoms with Gasteiger partial charge in [0.2, 0.25) is 0 Å². The lowest BCUT2D eigenvalue weighted by Gasteiger charge is -2.28. The van der Waals surface area contributed by atoms with Gasteiger partial charge in [0.15, 0.2) is 0 Å². The van der Waals surface area contributed by atoms with E-state index < -0.39 is 29.1 Å². The third-order valence-electron chi connectivity index (χ3n) is 2.99. The highest BCUT2D eigenvalue weighted by Crippen LogP contribution is 2.58. The molecule has 2 atom stereocenters. The van der Waals surface area contributed by atoms with E-state index >= 15 is 0 Å². The van der Waals surface area contributed by atoms with Gasteiger partial charge in [-0.05, 0) is 33.3 Å². The first kappa shape index (κ1) is 18.5. The molecule has 1 rings (SSSR count). The quantitative estimate of drug-likeness (QED) is 0.809. The molecule has 0 heterocycles. The molecule has 0 aromatic heterocycles. The van der Waals surface area contributed by atoms with Crippen LogP contribution in [0.15, 0.2) is 24.3 Å². The van der Waals surface area contributed by atoms with Crippen LogP contribution in [0.5, 0.6) is 0 Å². The number of hydrogen-bond acceptors (Lipinski definition) is 4. The first-order valence-corrected chi connectivity index (χ1v) is 9.36. The van der Waals surface area contributed by atoms with Crippen LogP contribution in [0.25, 0.3) is 0 Å². The average molecular weight is 333 g/mol. The zero-order valence-corrected chi connectivity index (χ0v) is 15.1. The summed E-state index contributed by atoms with van der Waals surface area (Å²) in [6.45, 7) is 7.48. The molecule has 0 aliphatic rings. The SMILES string of the molecule is COP(=O)(OC)[C@@H](NS(=O)C(C)(C)C)c1ccc(C)cc1. The number of hydrogen-bond donors (Lipinski definition) is 1. The second-order valence-electron chi connectivity index (χ2n) is 5.72. The summed E-state index contributed by atoms with van der Waals surface area (Å²) in [5.74, 6) is -0.784.